The molecule has 0 N–H and O–H groups in total. The van der Waals surface area contributed by atoms with Crippen LogP contribution in [0.2, 0.25) is 0 Å². The predicted octanol–water partition coefficient (Wildman–Crippen LogP) is 2.37. The van der Waals surface area contributed by atoms with Crippen molar-refractivity contribution < 1.29 is 14.3 Å². The van der Waals surface area contributed by atoms with Gasteiger partial charge in [-0.25, -0.2) is 0 Å². The van der Waals surface area contributed by atoms with Gasteiger partial charge >= 0.3 is 5.97 Å². The van der Waals surface area contributed by atoms with Crippen molar-refractivity contribution in [3.63, 3.8) is 0 Å². The number of carbonyl (C=O) groups excluding carboxylic acids is 2. The molecule has 18 heavy (non-hydrogen) atoms. The van der Waals surface area contributed by atoms with E-state index in [9.17, 15) is 9.59 Å². The van der Waals surface area contributed by atoms with Crippen molar-refractivity contribution in [3.8, 4) is 0 Å². The van der Waals surface area contributed by atoms with Gasteiger partial charge in [0.05, 0.1) is 7.11 Å². The Morgan fingerprint density at radius 2 is 1.89 bits per heavy atom. The van der Waals surface area contributed by atoms with Crippen molar-refractivity contribution in [3.05, 3.63) is 0 Å². The molecule has 1 fully saturated rings. The van der Waals surface area contributed by atoms with Gasteiger partial charge in [0, 0.05) is 25.4 Å². The fourth-order valence-corrected chi connectivity index (χ4v) is 2.84. The molecule has 104 valence electrons. The van der Waals surface area contributed by atoms with E-state index in [0.29, 0.717) is 19.4 Å². The standard InChI is InChI=1S/C14H25NO3/c1-4-14(9-5-6-10-14)13(17)15(2)11-7-8-12(16)18-3/h4-11H2,1-3H3. The molecule has 0 aromatic heterocycles. The second kappa shape index (κ2) is 6.76. The predicted molar refractivity (Wildman–Crippen MR) is 70.1 cm³/mol. The van der Waals surface area contributed by atoms with Crippen LogP contribution in [-0.4, -0.2) is 37.5 Å². The summed E-state index contributed by atoms with van der Waals surface area (Å²) in [5, 5.41) is 0. The monoisotopic (exact) mass is 255 g/mol. The fraction of sp³-hybridized carbons (Fsp3) is 0.857. The molecule has 0 aliphatic heterocycles. The number of amides is 1. The molecule has 0 aromatic rings. The summed E-state index contributed by atoms with van der Waals surface area (Å²) >= 11 is 0. The summed E-state index contributed by atoms with van der Waals surface area (Å²) in [4.78, 5) is 25.3. The van der Waals surface area contributed by atoms with Gasteiger partial charge in [-0.3, -0.25) is 9.59 Å². The average molecular weight is 255 g/mol. The van der Waals surface area contributed by atoms with Crippen LogP contribution < -0.4 is 0 Å². The summed E-state index contributed by atoms with van der Waals surface area (Å²) in [6, 6.07) is 0. The van der Waals surface area contributed by atoms with Crippen LogP contribution in [-0.2, 0) is 14.3 Å². The van der Waals surface area contributed by atoms with Gasteiger partial charge in [-0.2, -0.15) is 0 Å². The third-order valence-electron chi connectivity index (χ3n) is 4.14. The lowest BCUT2D eigenvalue weighted by Crippen LogP contribution is -2.40. The molecule has 0 aromatic carbocycles. The largest absolute Gasteiger partial charge is 0.469 e. The van der Waals surface area contributed by atoms with Gasteiger partial charge < -0.3 is 9.64 Å². The highest BCUT2D eigenvalue weighted by Crippen LogP contribution is 2.42. The van der Waals surface area contributed by atoms with Crippen LogP contribution in [0.1, 0.15) is 51.9 Å². The van der Waals surface area contributed by atoms with Crippen molar-refractivity contribution in [2.75, 3.05) is 20.7 Å². The van der Waals surface area contributed by atoms with Gasteiger partial charge in [-0.05, 0) is 25.7 Å². The van der Waals surface area contributed by atoms with Crippen molar-refractivity contribution in [1.82, 2.24) is 4.90 Å². The van der Waals surface area contributed by atoms with E-state index in [1.54, 1.807) is 4.90 Å². The maximum atomic E-state index is 12.5. The zero-order valence-electron chi connectivity index (χ0n) is 11.8. The highest BCUT2D eigenvalue weighted by Gasteiger charge is 2.40. The van der Waals surface area contributed by atoms with Crippen LogP contribution in [0, 0.1) is 5.41 Å². The molecular formula is C14H25NO3. The smallest absolute Gasteiger partial charge is 0.305 e. The third-order valence-corrected chi connectivity index (χ3v) is 4.14. The van der Waals surface area contributed by atoms with Crippen LogP contribution in [0.4, 0.5) is 0 Å². The Balaban J connectivity index is 2.43. The highest BCUT2D eigenvalue weighted by atomic mass is 16.5. The maximum Gasteiger partial charge on any atom is 0.305 e. The number of ether oxygens (including phenoxy) is 1. The maximum absolute atomic E-state index is 12.5. The van der Waals surface area contributed by atoms with E-state index in [0.717, 1.165) is 32.1 Å². The molecule has 0 unspecified atom stereocenters. The molecule has 1 aliphatic rings. The summed E-state index contributed by atoms with van der Waals surface area (Å²) in [5.41, 5.74) is -0.125. The molecule has 0 saturated heterocycles. The van der Waals surface area contributed by atoms with Gasteiger partial charge in [0.2, 0.25) is 5.91 Å². The topological polar surface area (TPSA) is 46.6 Å². The van der Waals surface area contributed by atoms with Crippen molar-refractivity contribution >= 4 is 11.9 Å². The number of esters is 1. The fourth-order valence-electron chi connectivity index (χ4n) is 2.84. The van der Waals surface area contributed by atoms with Gasteiger partial charge in [-0.15, -0.1) is 0 Å². The first-order chi connectivity index (χ1) is 8.55. The molecule has 1 saturated carbocycles. The molecule has 1 aliphatic carbocycles. The zero-order valence-corrected chi connectivity index (χ0v) is 11.8. The summed E-state index contributed by atoms with van der Waals surface area (Å²) in [5.74, 6) is 0.0503. The van der Waals surface area contributed by atoms with E-state index in [1.165, 1.54) is 7.11 Å². The quantitative estimate of drug-likeness (QED) is 0.685. The molecule has 0 atom stereocenters. The number of hydrogen-bond donors (Lipinski definition) is 0. The molecule has 0 bridgehead atoms. The number of rotatable bonds is 6. The van der Waals surface area contributed by atoms with Gasteiger partial charge in [0.15, 0.2) is 0 Å². The van der Waals surface area contributed by atoms with E-state index in [4.69, 9.17) is 0 Å². The number of carbonyl (C=O) groups is 2. The van der Waals surface area contributed by atoms with Crippen molar-refractivity contribution in [2.45, 2.75) is 51.9 Å². The van der Waals surface area contributed by atoms with E-state index in [-0.39, 0.29) is 17.3 Å². The molecule has 0 radical (unpaired) electrons. The van der Waals surface area contributed by atoms with Crippen LogP contribution >= 0.6 is 0 Å². The average Bonchev–Trinajstić information content (AvgIpc) is 2.87. The number of methoxy groups -OCH3 is 1. The Hall–Kier alpha value is -1.06. The second-order valence-corrected chi connectivity index (χ2v) is 5.25. The Morgan fingerprint density at radius 3 is 2.39 bits per heavy atom. The minimum Gasteiger partial charge on any atom is -0.469 e. The van der Waals surface area contributed by atoms with Crippen LogP contribution in [0.5, 0.6) is 0 Å². The Morgan fingerprint density at radius 1 is 1.28 bits per heavy atom. The molecule has 1 rings (SSSR count). The molecule has 4 heteroatoms. The molecule has 0 spiro atoms. The van der Waals surface area contributed by atoms with E-state index in [2.05, 4.69) is 11.7 Å². The summed E-state index contributed by atoms with van der Waals surface area (Å²) in [6.45, 7) is 2.74. The minimum atomic E-state index is -0.207. The lowest BCUT2D eigenvalue weighted by molar-refractivity contribution is -0.143. The molecule has 1 amide bonds. The third kappa shape index (κ3) is 3.47. The summed E-state index contributed by atoms with van der Waals surface area (Å²) < 4.78 is 4.59. The van der Waals surface area contributed by atoms with Crippen molar-refractivity contribution in [2.24, 2.45) is 5.41 Å². The zero-order chi connectivity index (χ0) is 13.6. The van der Waals surface area contributed by atoms with Gasteiger partial charge in [-0.1, -0.05) is 19.8 Å². The number of hydrogen-bond acceptors (Lipinski definition) is 3. The van der Waals surface area contributed by atoms with E-state index >= 15 is 0 Å². The Labute approximate surface area is 110 Å². The summed E-state index contributed by atoms with van der Waals surface area (Å²) in [6.07, 6.45) is 6.34. The Bertz CT molecular complexity index is 295. The van der Waals surface area contributed by atoms with Crippen molar-refractivity contribution in [1.29, 1.82) is 0 Å². The molecule has 4 nitrogen and oxygen atoms in total. The van der Waals surface area contributed by atoms with Crippen LogP contribution in [0.25, 0.3) is 0 Å². The van der Waals surface area contributed by atoms with Crippen LogP contribution in [0.15, 0.2) is 0 Å². The van der Waals surface area contributed by atoms with Gasteiger partial charge in [0.1, 0.15) is 0 Å². The first-order valence-corrected chi connectivity index (χ1v) is 6.88. The first kappa shape index (κ1) is 15.0. The highest BCUT2D eigenvalue weighted by molar-refractivity contribution is 5.82. The second-order valence-electron chi connectivity index (χ2n) is 5.25. The SMILES string of the molecule is CCC1(C(=O)N(C)CCCC(=O)OC)CCCC1. The number of nitrogens with zero attached hydrogens (tertiary/aromatic N) is 1. The first-order valence-electron chi connectivity index (χ1n) is 6.88. The molecular weight excluding hydrogens is 230 g/mol. The van der Waals surface area contributed by atoms with Crippen LogP contribution in [0.3, 0.4) is 0 Å². The summed E-state index contributed by atoms with van der Waals surface area (Å²) in [7, 11) is 3.23. The Kier molecular flexibility index (Phi) is 5.63. The molecule has 0 heterocycles. The van der Waals surface area contributed by atoms with E-state index in [1.807, 2.05) is 7.05 Å². The lowest BCUT2D eigenvalue weighted by atomic mass is 9.82. The minimum absolute atomic E-state index is 0.125. The normalized spacial score (nSPS) is 17.5. The van der Waals surface area contributed by atoms with Gasteiger partial charge in [0.25, 0.3) is 0 Å². The lowest BCUT2D eigenvalue weighted by Gasteiger charge is -2.31. The van der Waals surface area contributed by atoms with E-state index < -0.39 is 0 Å².